The highest BCUT2D eigenvalue weighted by molar-refractivity contribution is 6.04. The molecule has 0 unspecified atom stereocenters. The Balaban J connectivity index is 1.25. The molecule has 5 N–H and O–H groups in total. The summed E-state index contributed by atoms with van der Waals surface area (Å²) in [6.45, 7) is 17.5. The first-order valence-electron chi connectivity index (χ1n) is 18.6. The Morgan fingerprint density at radius 3 is 2.39 bits per heavy atom. The molecule has 4 heterocycles. The summed E-state index contributed by atoms with van der Waals surface area (Å²) in [5.41, 5.74) is 16.2. The summed E-state index contributed by atoms with van der Waals surface area (Å²) in [6, 6.07) is 7.11. The van der Waals surface area contributed by atoms with Crippen LogP contribution in [0.3, 0.4) is 0 Å². The number of benzene rings is 2. The Labute approximate surface area is 325 Å². The number of methoxy groups -OCH3 is 1. The van der Waals surface area contributed by atoms with Crippen LogP contribution >= 0.6 is 0 Å². The lowest BCUT2D eigenvalue weighted by atomic mass is 9.97. The number of ether oxygens (including phenoxy) is 3. The maximum absolute atomic E-state index is 13.5. The molecule has 3 aromatic heterocycles. The third kappa shape index (κ3) is 8.07. The monoisotopic (exact) mass is 766 g/mol. The van der Waals surface area contributed by atoms with Crippen LogP contribution in [-0.2, 0) is 24.2 Å². The van der Waals surface area contributed by atoms with Crippen LogP contribution < -0.4 is 26.3 Å². The quantitative estimate of drug-likeness (QED) is 0.103. The Morgan fingerprint density at radius 2 is 1.75 bits per heavy atom. The first kappa shape index (κ1) is 39.4. The molecule has 15 heteroatoms. The highest BCUT2D eigenvalue weighted by Crippen LogP contribution is 2.37. The largest absolute Gasteiger partial charge is 0.494 e. The highest BCUT2D eigenvalue weighted by atomic mass is 16.6. The second-order valence-electron chi connectivity index (χ2n) is 14.9. The number of imidazole rings is 1. The molecule has 0 radical (unpaired) electrons. The summed E-state index contributed by atoms with van der Waals surface area (Å²) >= 11 is 0. The van der Waals surface area contributed by atoms with E-state index in [4.69, 9.17) is 30.1 Å². The van der Waals surface area contributed by atoms with E-state index in [1.165, 1.54) is 7.11 Å². The number of fused-ring (bicyclic) bond motifs is 2. The second kappa shape index (κ2) is 15.8. The maximum atomic E-state index is 13.5. The van der Waals surface area contributed by atoms with Crippen molar-refractivity contribution in [3.05, 3.63) is 77.0 Å². The van der Waals surface area contributed by atoms with Crippen LogP contribution in [0.1, 0.15) is 77.7 Å². The lowest BCUT2D eigenvalue weighted by Crippen LogP contribution is -2.51. The van der Waals surface area contributed by atoms with Crippen molar-refractivity contribution in [1.82, 2.24) is 24.0 Å². The van der Waals surface area contributed by atoms with Gasteiger partial charge in [0, 0.05) is 44.1 Å². The zero-order chi connectivity index (χ0) is 40.5. The Hall–Kier alpha value is -6.25. The predicted octanol–water partition coefficient (Wildman–Crippen LogP) is 6.64. The third-order valence-electron chi connectivity index (χ3n) is 9.70. The number of hydrogen-bond acceptors (Lipinski definition) is 10. The molecule has 0 bridgehead atoms. The molecule has 56 heavy (non-hydrogen) atoms. The molecule has 296 valence electrons. The van der Waals surface area contributed by atoms with Crippen molar-refractivity contribution in [2.75, 3.05) is 37.9 Å². The average molecular weight is 767 g/mol. The Morgan fingerprint density at radius 1 is 1.04 bits per heavy atom. The van der Waals surface area contributed by atoms with Crippen molar-refractivity contribution in [3.63, 3.8) is 0 Å². The topological polar surface area (TPSA) is 195 Å². The maximum Gasteiger partial charge on any atom is 0.410 e. The van der Waals surface area contributed by atoms with Gasteiger partial charge in [0.1, 0.15) is 28.4 Å². The number of nitrogens with two attached hydrogens (primary N) is 2. The first-order chi connectivity index (χ1) is 26.6. The molecule has 0 atom stereocenters. The van der Waals surface area contributed by atoms with Gasteiger partial charge in [0.2, 0.25) is 17.6 Å². The van der Waals surface area contributed by atoms with Gasteiger partial charge in [-0.2, -0.15) is 0 Å². The number of anilines is 2. The summed E-state index contributed by atoms with van der Waals surface area (Å²) < 4.78 is 27.0. The van der Waals surface area contributed by atoms with Gasteiger partial charge in [0.05, 0.1) is 30.4 Å². The molecular weight excluding hydrogens is 716 g/mol. The molecule has 1 fully saturated rings. The van der Waals surface area contributed by atoms with Gasteiger partial charge in [-0.3, -0.25) is 14.9 Å². The van der Waals surface area contributed by atoms with Crippen LogP contribution in [0.2, 0.25) is 0 Å². The minimum Gasteiger partial charge on any atom is -0.494 e. The molecule has 1 aliphatic heterocycles. The number of nitrogens with zero attached hydrogens (tertiary/aromatic N) is 5. The molecule has 3 amide bonds. The van der Waals surface area contributed by atoms with Gasteiger partial charge in [0.15, 0.2) is 5.89 Å². The number of nitrogen functional groups attached to an aromatic ring is 1. The Kier molecular flexibility index (Phi) is 11.2. The summed E-state index contributed by atoms with van der Waals surface area (Å²) in [7, 11) is 1.49. The fraction of sp³-hybridized carbons (Fsp3) is 0.390. The van der Waals surface area contributed by atoms with Crippen LogP contribution in [0.15, 0.2) is 47.4 Å². The zero-order valence-corrected chi connectivity index (χ0v) is 33.0. The number of amides is 3. The van der Waals surface area contributed by atoms with Crippen LogP contribution in [0, 0.1) is 19.8 Å². The lowest BCUT2D eigenvalue weighted by Gasteiger charge is -2.39. The SMILES string of the molecule is C=Cc1cc(OCCC2CN(C(=O)OC(C)(C)C)C2)c2c(c1)c(C)c(N)n2C/C=C/Cn1c(NC(=O)c2oc(C)nc2CC)nc2cc(C(N)=O)cc(OC)c21. The van der Waals surface area contributed by atoms with Crippen molar-refractivity contribution >= 4 is 57.7 Å². The van der Waals surface area contributed by atoms with Gasteiger partial charge in [-0.25, -0.2) is 14.8 Å². The highest BCUT2D eigenvalue weighted by Gasteiger charge is 2.33. The molecule has 15 nitrogen and oxygen atoms in total. The van der Waals surface area contributed by atoms with Crippen molar-refractivity contribution < 1.29 is 33.0 Å². The third-order valence-corrected chi connectivity index (χ3v) is 9.70. The summed E-state index contributed by atoms with van der Waals surface area (Å²) in [4.78, 5) is 48.7. The van der Waals surface area contributed by atoms with E-state index in [2.05, 4.69) is 21.9 Å². The second-order valence-corrected chi connectivity index (χ2v) is 14.9. The lowest BCUT2D eigenvalue weighted by molar-refractivity contribution is -0.00382. The van der Waals surface area contributed by atoms with E-state index in [1.54, 1.807) is 34.6 Å². The van der Waals surface area contributed by atoms with E-state index in [0.717, 1.165) is 28.5 Å². The number of aromatic nitrogens is 4. The number of rotatable bonds is 14. The van der Waals surface area contributed by atoms with Crippen LogP contribution in [0.5, 0.6) is 11.5 Å². The molecule has 5 aromatic rings. The van der Waals surface area contributed by atoms with Gasteiger partial charge in [0.25, 0.3) is 5.91 Å². The number of hydrogen-bond donors (Lipinski definition) is 3. The fourth-order valence-electron chi connectivity index (χ4n) is 6.84. The minimum atomic E-state index is -0.641. The van der Waals surface area contributed by atoms with Crippen LogP contribution in [-0.4, -0.2) is 74.3 Å². The van der Waals surface area contributed by atoms with E-state index >= 15 is 0 Å². The number of likely N-dealkylation sites (tertiary alicyclic amines) is 1. The number of oxazole rings is 1. The molecule has 6 rings (SSSR count). The first-order valence-corrected chi connectivity index (χ1v) is 18.6. The molecular formula is C41H50N8O7. The summed E-state index contributed by atoms with van der Waals surface area (Å²) in [6.07, 6.45) is 6.66. The Bertz CT molecular complexity index is 2350. The van der Waals surface area contributed by atoms with Crippen molar-refractivity contribution in [1.29, 1.82) is 0 Å². The predicted molar refractivity (Wildman–Crippen MR) is 215 cm³/mol. The van der Waals surface area contributed by atoms with Crippen molar-refractivity contribution in [3.8, 4) is 11.5 Å². The zero-order valence-electron chi connectivity index (χ0n) is 33.0. The summed E-state index contributed by atoms with van der Waals surface area (Å²) in [5, 5.41) is 3.82. The van der Waals surface area contributed by atoms with Gasteiger partial charge < -0.3 is 44.1 Å². The van der Waals surface area contributed by atoms with Crippen molar-refractivity contribution in [2.45, 2.75) is 73.1 Å². The van der Waals surface area contributed by atoms with Gasteiger partial charge >= 0.3 is 6.09 Å². The number of allylic oxidation sites excluding steroid dienone is 2. The molecule has 0 spiro atoms. The number of primary amides is 1. The normalized spacial score (nSPS) is 13.4. The van der Waals surface area contributed by atoms with E-state index in [-0.39, 0.29) is 29.9 Å². The van der Waals surface area contributed by atoms with Gasteiger partial charge in [-0.1, -0.05) is 31.7 Å². The number of nitrogens with one attached hydrogen (secondary N) is 1. The fourth-order valence-corrected chi connectivity index (χ4v) is 6.84. The van der Waals surface area contributed by atoms with E-state index in [0.29, 0.717) is 78.5 Å². The summed E-state index contributed by atoms with van der Waals surface area (Å²) in [5.74, 6) is 1.48. The molecule has 0 aliphatic carbocycles. The van der Waals surface area contributed by atoms with Crippen molar-refractivity contribution in [2.24, 2.45) is 11.7 Å². The van der Waals surface area contributed by atoms with Crippen LogP contribution in [0.4, 0.5) is 16.6 Å². The average Bonchev–Trinajstić information content (AvgIpc) is 3.76. The van der Waals surface area contributed by atoms with Crippen LogP contribution in [0.25, 0.3) is 28.0 Å². The standard InChI is InChI=1S/C41H50N8O7/c1-9-25-17-28-23(3)36(42)48(33(28)32(18-25)54-16-13-26-21-47(22-26)40(52)56-41(5,6)7)14-11-12-15-49-34-30(19-27(37(43)50)20-31(34)53-8)45-39(49)46-38(51)35-29(10-2)44-24(4)55-35/h9,11-12,17-20,26H,1,10,13-16,21-22,42H2,2-8H3,(H2,43,50)(H,45,46,51)/b12-11+. The minimum absolute atomic E-state index is 0.0994. The number of carbonyl (C=O) groups excluding carboxylic acids is 3. The van der Waals surface area contributed by atoms with E-state index in [9.17, 15) is 14.4 Å². The van der Waals surface area contributed by atoms with Gasteiger partial charge in [-0.05, 0) is 81.8 Å². The number of aryl methyl sites for hydroxylation is 3. The van der Waals surface area contributed by atoms with E-state index < -0.39 is 17.4 Å². The smallest absolute Gasteiger partial charge is 0.410 e. The number of carbonyl (C=O) groups is 3. The molecule has 2 aromatic carbocycles. The van der Waals surface area contributed by atoms with E-state index in [1.807, 2.05) is 63.5 Å². The van der Waals surface area contributed by atoms with Gasteiger partial charge in [-0.15, -0.1) is 0 Å². The molecule has 1 aliphatic rings. The molecule has 0 saturated carbocycles. The molecule has 1 saturated heterocycles.